The molecule has 2 amide bonds. The van der Waals surface area contributed by atoms with E-state index < -0.39 is 12.1 Å². The van der Waals surface area contributed by atoms with E-state index in [1.807, 2.05) is 36.4 Å². The van der Waals surface area contributed by atoms with Crippen molar-refractivity contribution >= 4 is 34.8 Å². The van der Waals surface area contributed by atoms with Crippen LogP contribution in [0.5, 0.6) is 5.75 Å². The van der Waals surface area contributed by atoms with Gasteiger partial charge in [0.05, 0.1) is 31.8 Å². The van der Waals surface area contributed by atoms with Crippen molar-refractivity contribution < 1.29 is 23.1 Å². The fraction of sp³-hybridized carbons (Fsp3) is 0.188. The Hall–Kier alpha value is -5.32. The zero-order chi connectivity index (χ0) is 30.1. The lowest BCUT2D eigenvalue weighted by Crippen LogP contribution is -2.51. The van der Waals surface area contributed by atoms with Gasteiger partial charge in [0.25, 0.3) is 5.91 Å². The van der Waals surface area contributed by atoms with Crippen molar-refractivity contribution in [1.29, 1.82) is 0 Å². The predicted octanol–water partition coefficient (Wildman–Crippen LogP) is 5.82. The number of carbonyl (C=O) groups is 2. The monoisotopic (exact) mass is 582 g/mol. The van der Waals surface area contributed by atoms with Crippen molar-refractivity contribution in [2.75, 3.05) is 30.8 Å². The van der Waals surface area contributed by atoms with E-state index in [-0.39, 0.29) is 30.7 Å². The van der Waals surface area contributed by atoms with Crippen LogP contribution in [0.15, 0.2) is 85.1 Å². The van der Waals surface area contributed by atoms with Crippen LogP contribution in [0.3, 0.4) is 0 Å². The van der Waals surface area contributed by atoms with Crippen LogP contribution < -0.4 is 15.4 Å². The molecule has 0 unspecified atom stereocenters. The van der Waals surface area contributed by atoms with Crippen LogP contribution >= 0.6 is 0 Å². The fourth-order valence-corrected chi connectivity index (χ4v) is 4.83. The van der Waals surface area contributed by atoms with E-state index in [9.17, 15) is 18.4 Å². The van der Waals surface area contributed by atoms with Crippen LogP contribution in [0, 0.1) is 5.82 Å². The molecule has 1 atom stereocenters. The Morgan fingerprint density at radius 3 is 2.42 bits per heavy atom. The molecule has 5 aromatic rings. The molecular weight excluding hydrogens is 554 g/mol. The molecule has 3 aromatic carbocycles. The van der Waals surface area contributed by atoms with Crippen LogP contribution in [-0.2, 0) is 4.79 Å². The number of amides is 2. The molecule has 0 bridgehead atoms. The van der Waals surface area contributed by atoms with Crippen molar-refractivity contribution in [2.24, 2.45) is 0 Å². The highest BCUT2D eigenvalue weighted by Crippen LogP contribution is 2.30. The molecule has 1 fully saturated rings. The highest BCUT2D eigenvalue weighted by molar-refractivity contribution is 5.96. The zero-order valence-electron chi connectivity index (χ0n) is 23.4. The van der Waals surface area contributed by atoms with Gasteiger partial charge in [-0.25, -0.2) is 13.3 Å². The summed E-state index contributed by atoms with van der Waals surface area (Å²) < 4.78 is 33.5. The van der Waals surface area contributed by atoms with E-state index in [0.29, 0.717) is 34.3 Å². The molecule has 9 nitrogen and oxygen atoms in total. The summed E-state index contributed by atoms with van der Waals surface area (Å²) in [6.45, 7) is 1.98. The summed E-state index contributed by atoms with van der Waals surface area (Å²) in [5.74, 6) is -0.437. The third-order valence-corrected chi connectivity index (χ3v) is 7.41. The van der Waals surface area contributed by atoms with Crippen molar-refractivity contribution in [3.8, 4) is 16.9 Å². The smallest absolute Gasteiger partial charge is 0.254 e. The number of carbonyl (C=O) groups excluding carboxylic acids is 2. The predicted molar refractivity (Wildman–Crippen MR) is 159 cm³/mol. The molecule has 11 heteroatoms. The Bertz CT molecular complexity index is 1800. The number of nitrogens with zero attached hydrogens (tertiary/aromatic N) is 4. The summed E-state index contributed by atoms with van der Waals surface area (Å²) in [6, 6.07) is 22.1. The third-order valence-electron chi connectivity index (χ3n) is 7.41. The number of pyridine rings is 1. The number of rotatable bonds is 8. The number of anilines is 3. The first kappa shape index (κ1) is 27.8. The Kier molecular flexibility index (Phi) is 7.45. The quantitative estimate of drug-likeness (QED) is 0.239. The summed E-state index contributed by atoms with van der Waals surface area (Å²) in [6.07, 6.45) is 0.831. The van der Waals surface area contributed by atoms with Gasteiger partial charge in [0.15, 0.2) is 5.65 Å². The van der Waals surface area contributed by atoms with Gasteiger partial charge >= 0.3 is 0 Å². The van der Waals surface area contributed by atoms with E-state index in [1.165, 1.54) is 24.1 Å². The van der Waals surface area contributed by atoms with Crippen molar-refractivity contribution in [3.05, 3.63) is 102 Å². The molecule has 2 N–H and O–H groups in total. The number of aromatic nitrogens is 3. The minimum Gasteiger partial charge on any atom is -0.495 e. The number of benzene rings is 3. The van der Waals surface area contributed by atoms with Crippen LogP contribution in [0.1, 0.15) is 28.8 Å². The molecule has 43 heavy (non-hydrogen) atoms. The Morgan fingerprint density at radius 1 is 0.977 bits per heavy atom. The maximum atomic E-state index is 13.2. The van der Waals surface area contributed by atoms with Crippen LogP contribution in [0.25, 0.3) is 16.8 Å². The minimum absolute atomic E-state index is 0.104. The molecule has 2 aromatic heterocycles. The number of likely N-dealkylation sites (tertiary alicyclic amines) is 1. The summed E-state index contributed by atoms with van der Waals surface area (Å²) in [5.41, 5.74) is 4.81. The summed E-state index contributed by atoms with van der Waals surface area (Å²) >= 11 is 0. The molecular formula is C32H28F2N6O3. The number of hydrogen-bond donors (Lipinski definition) is 2. The molecule has 218 valence electrons. The second-order valence-electron chi connectivity index (χ2n) is 10.3. The molecule has 0 saturated carbocycles. The molecule has 0 aliphatic carbocycles. The first-order chi connectivity index (χ1) is 20.8. The van der Waals surface area contributed by atoms with Gasteiger partial charge in [-0.15, -0.1) is 5.10 Å². The number of hydrogen-bond acceptors (Lipinski definition) is 6. The van der Waals surface area contributed by atoms with Crippen LogP contribution in [0.2, 0.25) is 0 Å². The zero-order valence-corrected chi connectivity index (χ0v) is 23.4. The second kappa shape index (κ2) is 11.5. The molecule has 1 saturated heterocycles. The topological polar surface area (TPSA) is 101 Å². The fourth-order valence-electron chi connectivity index (χ4n) is 4.83. The SMILES string of the molecule is COc1cc(C(=O)N2CC(F)C2)ccc1Nc1nc2cc(-c3ccc(NC(=O)[C@H](C)c4ccc(F)cc4)cc3)ccn2n1. The number of ether oxygens (including phenoxy) is 1. The van der Waals surface area contributed by atoms with E-state index in [2.05, 4.69) is 20.7 Å². The Balaban J connectivity index is 1.14. The van der Waals surface area contributed by atoms with Gasteiger partial charge in [0.1, 0.15) is 17.7 Å². The van der Waals surface area contributed by atoms with E-state index >= 15 is 0 Å². The maximum absolute atomic E-state index is 13.2. The van der Waals surface area contributed by atoms with Crippen molar-refractivity contribution in [2.45, 2.75) is 19.0 Å². The number of halogens is 2. The lowest BCUT2D eigenvalue weighted by Gasteiger charge is -2.34. The van der Waals surface area contributed by atoms with Gasteiger partial charge in [-0.1, -0.05) is 24.3 Å². The molecule has 3 heterocycles. The lowest BCUT2D eigenvalue weighted by atomic mass is 10.00. The average Bonchev–Trinajstić information content (AvgIpc) is 3.41. The van der Waals surface area contributed by atoms with Gasteiger partial charge in [0.2, 0.25) is 11.9 Å². The minimum atomic E-state index is -0.968. The van der Waals surface area contributed by atoms with Crippen LogP contribution in [-0.4, -0.2) is 57.7 Å². The maximum Gasteiger partial charge on any atom is 0.254 e. The number of alkyl halides is 1. The number of nitrogens with one attached hydrogen (secondary N) is 2. The van der Waals surface area contributed by atoms with Gasteiger partial charge in [-0.2, -0.15) is 4.98 Å². The lowest BCUT2D eigenvalue weighted by molar-refractivity contribution is -0.117. The largest absolute Gasteiger partial charge is 0.495 e. The highest BCUT2D eigenvalue weighted by atomic mass is 19.1. The summed E-state index contributed by atoms with van der Waals surface area (Å²) in [4.78, 5) is 31.3. The van der Waals surface area contributed by atoms with E-state index in [4.69, 9.17) is 4.74 Å². The van der Waals surface area contributed by atoms with Crippen molar-refractivity contribution in [1.82, 2.24) is 19.5 Å². The average molecular weight is 583 g/mol. The number of methoxy groups -OCH3 is 1. The van der Waals surface area contributed by atoms with Gasteiger partial charge < -0.3 is 20.3 Å². The second-order valence-corrected chi connectivity index (χ2v) is 10.3. The van der Waals surface area contributed by atoms with Crippen LogP contribution in [0.4, 0.5) is 26.1 Å². The first-order valence-electron chi connectivity index (χ1n) is 13.7. The molecule has 1 aliphatic rings. The highest BCUT2D eigenvalue weighted by Gasteiger charge is 2.31. The molecule has 0 radical (unpaired) electrons. The van der Waals surface area contributed by atoms with E-state index in [0.717, 1.165) is 16.7 Å². The number of fused-ring (bicyclic) bond motifs is 1. The summed E-state index contributed by atoms with van der Waals surface area (Å²) in [7, 11) is 1.50. The Labute approximate surface area is 246 Å². The molecule has 0 spiro atoms. The summed E-state index contributed by atoms with van der Waals surface area (Å²) in [5, 5.41) is 10.5. The van der Waals surface area contributed by atoms with E-state index in [1.54, 1.807) is 48.0 Å². The van der Waals surface area contributed by atoms with Crippen molar-refractivity contribution in [3.63, 3.8) is 0 Å². The Morgan fingerprint density at radius 2 is 1.72 bits per heavy atom. The standard InChI is InChI=1S/C32H28F2N6O3/c1-19(20-3-8-24(33)9-4-20)30(41)35-26-10-5-21(6-11-26)22-13-14-40-29(16-22)37-32(38-40)36-27-12-7-23(15-28(27)43-2)31(42)39-17-25(34)18-39/h3-16,19,25H,17-18H2,1-2H3,(H,35,41)(H,36,38)/t19-/m1/s1. The third kappa shape index (κ3) is 5.87. The van der Waals surface area contributed by atoms with Gasteiger partial charge in [0, 0.05) is 17.4 Å². The van der Waals surface area contributed by atoms with Gasteiger partial charge in [-0.05, 0) is 78.2 Å². The first-order valence-corrected chi connectivity index (χ1v) is 13.7. The molecule has 6 rings (SSSR count). The normalized spacial score (nSPS) is 13.8. The van der Waals surface area contributed by atoms with Gasteiger partial charge in [-0.3, -0.25) is 9.59 Å². The molecule has 1 aliphatic heterocycles.